The zero-order valence-corrected chi connectivity index (χ0v) is 9.66. The number of aliphatic hydroxyl groups excluding tert-OH is 1. The van der Waals surface area contributed by atoms with Gasteiger partial charge in [-0.15, -0.1) is 0 Å². The van der Waals surface area contributed by atoms with Gasteiger partial charge in [0.05, 0.1) is 6.10 Å². The highest BCUT2D eigenvalue weighted by Crippen LogP contribution is 2.18. The summed E-state index contributed by atoms with van der Waals surface area (Å²) in [4.78, 5) is 2.20. The van der Waals surface area contributed by atoms with E-state index in [1.807, 2.05) is 0 Å². The second kappa shape index (κ2) is 5.69. The van der Waals surface area contributed by atoms with Gasteiger partial charge in [-0.2, -0.15) is 0 Å². The SMILES string of the molecule is CC(CN[C@H]1CCCC[C@@H]1O)N(C)C. The van der Waals surface area contributed by atoms with Crippen LogP contribution in [0.25, 0.3) is 0 Å². The van der Waals surface area contributed by atoms with Gasteiger partial charge in [0.1, 0.15) is 0 Å². The molecule has 0 aliphatic heterocycles. The van der Waals surface area contributed by atoms with Crippen molar-refractivity contribution in [2.24, 2.45) is 0 Å². The molecule has 1 fully saturated rings. The topological polar surface area (TPSA) is 35.5 Å². The first-order valence-corrected chi connectivity index (χ1v) is 5.69. The predicted molar refractivity (Wildman–Crippen MR) is 59.4 cm³/mol. The largest absolute Gasteiger partial charge is 0.392 e. The molecule has 84 valence electrons. The van der Waals surface area contributed by atoms with E-state index in [2.05, 4.69) is 31.2 Å². The Bertz CT molecular complexity index is 161. The normalized spacial score (nSPS) is 30.6. The summed E-state index contributed by atoms with van der Waals surface area (Å²) in [6.45, 7) is 3.16. The van der Waals surface area contributed by atoms with Crippen molar-refractivity contribution in [3.63, 3.8) is 0 Å². The van der Waals surface area contributed by atoms with Crippen molar-refractivity contribution in [3.8, 4) is 0 Å². The van der Waals surface area contributed by atoms with Crippen LogP contribution < -0.4 is 5.32 Å². The Hall–Kier alpha value is -0.120. The highest BCUT2D eigenvalue weighted by atomic mass is 16.3. The third-order valence-electron chi connectivity index (χ3n) is 3.29. The van der Waals surface area contributed by atoms with Crippen molar-refractivity contribution >= 4 is 0 Å². The summed E-state index contributed by atoms with van der Waals surface area (Å²) in [5.41, 5.74) is 0. The van der Waals surface area contributed by atoms with Crippen LogP contribution in [-0.4, -0.2) is 48.8 Å². The van der Waals surface area contributed by atoms with Gasteiger partial charge in [0.2, 0.25) is 0 Å². The second-order valence-electron chi connectivity index (χ2n) is 4.68. The molecule has 0 bridgehead atoms. The van der Waals surface area contributed by atoms with Gasteiger partial charge in [0, 0.05) is 18.6 Å². The minimum absolute atomic E-state index is 0.127. The Morgan fingerprint density at radius 3 is 2.57 bits per heavy atom. The molecule has 0 aromatic heterocycles. The molecule has 3 nitrogen and oxygen atoms in total. The summed E-state index contributed by atoms with van der Waals surface area (Å²) in [6, 6.07) is 0.857. The molecule has 1 aliphatic carbocycles. The average molecular weight is 200 g/mol. The van der Waals surface area contributed by atoms with E-state index < -0.39 is 0 Å². The van der Waals surface area contributed by atoms with E-state index in [4.69, 9.17) is 0 Å². The first kappa shape index (κ1) is 12.0. The molecule has 2 N–H and O–H groups in total. The molecule has 0 aromatic rings. The van der Waals surface area contributed by atoms with Crippen LogP contribution in [0.1, 0.15) is 32.6 Å². The summed E-state index contributed by atoms with van der Waals surface area (Å²) in [7, 11) is 4.17. The second-order valence-corrected chi connectivity index (χ2v) is 4.68. The molecule has 0 amide bonds. The summed E-state index contributed by atoms with van der Waals surface area (Å²) in [6.07, 6.45) is 4.40. The summed E-state index contributed by atoms with van der Waals surface area (Å²) < 4.78 is 0. The highest BCUT2D eigenvalue weighted by Gasteiger charge is 2.22. The fraction of sp³-hybridized carbons (Fsp3) is 1.00. The van der Waals surface area contributed by atoms with Crippen LogP contribution in [-0.2, 0) is 0 Å². The smallest absolute Gasteiger partial charge is 0.0693 e. The van der Waals surface area contributed by atoms with Gasteiger partial charge >= 0.3 is 0 Å². The summed E-state index contributed by atoms with van der Waals surface area (Å²) >= 11 is 0. The number of aliphatic hydroxyl groups is 1. The van der Waals surface area contributed by atoms with Crippen LogP contribution in [0.15, 0.2) is 0 Å². The minimum Gasteiger partial charge on any atom is -0.392 e. The predicted octanol–water partition coefficient (Wildman–Crippen LogP) is 0.830. The Balaban J connectivity index is 2.22. The van der Waals surface area contributed by atoms with Crippen LogP contribution in [0, 0.1) is 0 Å². The number of rotatable bonds is 4. The van der Waals surface area contributed by atoms with Crippen LogP contribution >= 0.6 is 0 Å². The summed E-state index contributed by atoms with van der Waals surface area (Å²) in [5, 5.41) is 13.2. The quantitative estimate of drug-likeness (QED) is 0.705. The van der Waals surface area contributed by atoms with Crippen molar-refractivity contribution in [1.29, 1.82) is 0 Å². The fourth-order valence-corrected chi connectivity index (χ4v) is 1.85. The lowest BCUT2D eigenvalue weighted by atomic mass is 9.92. The van der Waals surface area contributed by atoms with E-state index in [0.29, 0.717) is 12.1 Å². The van der Waals surface area contributed by atoms with Crippen molar-refractivity contribution in [2.45, 2.75) is 50.8 Å². The van der Waals surface area contributed by atoms with Gasteiger partial charge in [0.25, 0.3) is 0 Å². The van der Waals surface area contributed by atoms with E-state index in [-0.39, 0.29) is 6.10 Å². The number of likely N-dealkylation sites (N-methyl/N-ethyl adjacent to an activating group) is 1. The third kappa shape index (κ3) is 3.56. The number of hydrogen-bond donors (Lipinski definition) is 2. The van der Waals surface area contributed by atoms with Gasteiger partial charge in [-0.05, 0) is 33.9 Å². The Morgan fingerprint density at radius 1 is 1.36 bits per heavy atom. The zero-order chi connectivity index (χ0) is 10.6. The Kier molecular flexibility index (Phi) is 4.85. The molecule has 1 rings (SSSR count). The molecule has 0 spiro atoms. The standard InChI is InChI=1S/C11H24N2O/c1-9(13(2)3)8-12-10-6-4-5-7-11(10)14/h9-12,14H,4-8H2,1-3H3/t9?,10-,11-/m0/s1. The molecule has 3 atom stereocenters. The molecule has 0 heterocycles. The van der Waals surface area contributed by atoms with Crippen LogP contribution in [0.2, 0.25) is 0 Å². The van der Waals surface area contributed by atoms with E-state index in [0.717, 1.165) is 19.4 Å². The Morgan fingerprint density at radius 2 is 2.00 bits per heavy atom. The van der Waals surface area contributed by atoms with Crippen molar-refractivity contribution in [3.05, 3.63) is 0 Å². The van der Waals surface area contributed by atoms with E-state index in [9.17, 15) is 5.11 Å². The van der Waals surface area contributed by atoms with Gasteiger partial charge in [0.15, 0.2) is 0 Å². The maximum atomic E-state index is 9.74. The van der Waals surface area contributed by atoms with Gasteiger partial charge in [-0.1, -0.05) is 12.8 Å². The Labute approximate surface area is 87.5 Å². The lowest BCUT2D eigenvalue weighted by Crippen LogP contribution is -2.46. The molecule has 0 radical (unpaired) electrons. The van der Waals surface area contributed by atoms with Gasteiger partial charge in [-0.3, -0.25) is 0 Å². The maximum Gasteiger partial charge on any atom is 0.0693 e. The van der Waals surface area contributed by atoms with Crippen molar-refractivity contribution in [2.75, 3.05) is 20.6 Å². The molecule has 1 aliphatic rings. The molecule has 3 heteroatoms. The molecule has 0 aromatic carbocycles. The molecule has 1 saturated carbocycles. The molecule has 0 saturated heterocycles. The molecule has 1 unspecified atom stereocenters. The molecule has 14 heavy (non-hydrogen) atoms. The molecular formula is C11H24N2O. The van der Waals surface area contributed by atoms with E-state index in [1.54, 1.807) is 0 Å². The first-order chi connectivity index (χ1) is 6.61. The van der Waals surface area contributed by atoms with Gasteiger partial charge in [-0.25, -0.2) is 0 Å². The first-order valence-electron chi connectivity index (χ1n) is 5.69. The van der Waals surface area contributed by atoms with Crippen LogP contribution in [0.5, 0.6) is 0 Å². The van der Waals surface area contributed by atoms with Crippen LogP contribution in [0.3, 0.4) is 0 Å². The minimum atomic E-state index is -0.127. The number of hydrogen-bond acceptors (Lipinski definition) is 3. The highest BCUT2D eigenvalue weighted by molar-refractivity contribution is 4.81. The summed E-state index contributed by atoms with van der Waals surface area (Å²) in [5.74, 6) is 0. The van der Waals surface area contributed by atoms with Crippen molar-refractivity contribution in [1.82, 2.24) is 10.2 Å². The van der Waals surface area contributed by atoms with Crippen molar-refractivity contribution < 1.29 is 5.11 Å². The maximum absolute atomic E-state index is 9.74. The van der Waals surface area contributed by atoms with E-state index in [1.165, 1.54) is 12.8 Å². The van der Waals surface area contributed by atoms with Gasteiger partial charge < -0.3 is 15.3 Å². The average Bonchev–Trinajstić information content (AvgIpc) is 2.16. The lowest BCUT2D eigenvalue weighted by molar-refractivity contribution is 0.0877. The zero-order valence-electron chi connectivity index (χ0n) is 9.66. The lowest BCUT2D eigenvalue weighted by Gasteiger charge is -2.30. The van der Waals surface area contributed by atoms with E-state index >= 15 is 0 Å². The fourth-order valence-electron chi connectivity index (χ4n) is 1.85. The number of nitrogens with zero attached hydrogens (tertiary/aromatic N) is 1. The third-order valence-corrected chi connectivity index (χ3v) is 3.29. The number of nitrogens with one attached hydrogen (secondary N) is 1. The van der Waals surface area contributed by atoms with Crippen LogP contribution in [0.4, 0.5) is 0 Å². The molecular weight excluding hydrogens is 176 g/mol. The monoisotopic (exact) mass is 200 g/mol.